The first-order valence-electron chi connectivity index (χ1n) is 14.5. The van der Waals surface area contributed by atoms with Gasteiger partial charge in [-0.3, -0.25) is 9.69 Å². The number of ether oxygens (including phenoxy) is 2. The highest BCUT2D eigenvalue weighted by molar-refractivity contribution is 7.14. The van der Waals surface area contributed by atoms with E-state index < -0.39 is 11.4 Å². The molecule has 0 spiro atoms. The maximum atomic E-state index is 11.7. The minimum Gasteiger partial charge on any atom is -0.488 e. The minimum absolute atomic E-state index is 0.484. The third-order valence-electron chi connectivity index (χ3n) is 8.87. The summed E-state index contributed by atoms with van der Waals surface area (Å²) >= 11 is 1.57. The topological polar surface area (TPSA) is 75.1 Å². The Morgan fingerprint density at radius 1 is 1.12 bits per heavy atom. The van der Waals surface area contributed by atoms with Gasteiger partial charge in [0.1, 0.15) is 12.4 Å². The van der Waals surface area contributed by atoms with Gasteiger partial charge in [0, 0.05) is 56.4 Å². The fourth-order valence-electron chi connectivity index (χ4n) is 6.26. The Bertz CT molecular complexity index is 1370. The van der Waals surface area contributed by atoms with E-state index in [-0.39, 0.29) is 0 Å². The van der Waals surface area contributed by atoms with Crippen molar-refractivity contribution in [1.82, 2.24) is 9.88 Å². The minimum atomic E-state index is -0.740. The monoisotopic (exact) mass is 561 g/mol. The number of hydrogen-bond donors (Lipinski definition) is 1. The number of rotatable bonds is 7. The smallest absolute Gasteiger partial charge is 0.311 e. The third kappa shape index (κ3) is 5.76. The summed E-state index contributed by atoms with van der Waals surface area (Å²) in [5.74, 6) is 0.0792. The number of nitrogens with zero attached hydrogens (tertiary/aromatic N) is 3. The van der Waals surface area contributed by atoms with Gasteiger partial charge in [-0.1, -0.05) is 29.8 Å². The zero-order valence-electron chi connectivity index (χ0n) is 23.5. The van der Waals surface area contributed by atoms with Crippen LogP contribution in [0.5, 0.6) is 5.75 Å². The summed E-state index contributed by atoms with van der Waals surface area (Å²) in [5, 5.41) is 12.5. The first-order valence-corrected chi connectivity index (χ1v) is 15.4. The highest BCUT2D eigenvalue weighted by Gasteiger charge is 2.41. The van der Waals surface area contributed by atoms with Crippen molar-refractivity contribution in [3.63, 3.8) is 0 Å². The molecule has 2 fully saturated rings. The van der Waals surface area contributed by atoms with Crippen LogP contribution in [0, 0.1) is 12.3 Å². The fraction of sp³-hybridized carbons (Fsp3) is 0.500. The number of carboxylic acid groups (broad SMARTS) is 1. The quantitative estimate of drug-likeness (QED) is 0.404. The van der Waals surface area contributed by atoms with Crippen LogP contribution in [-0.4, -0.2) is 66.4 Å². The molecular formula is C32H39N3O4S. The molecule has 3 aliphatic heterocycles. The first kappa shape index (κ1) is 27.2. The lowest BCUT2D eigenvalue weighted by Crippen LogP contribution is -2.40. The molecule has 2 aromatic carbocycles. The van der Waals surface area contributed by atoms with Crippen LogP contribution in [0.15, 0.2) is 41.8 Å². The van der Waals surface area contributed by atoms with E-state index in [1.54, 1.807) is 11.3 Å². The maximum Gasteiger partial charge on any atom is 0.311 e. The Morgan fingerprint density at radius 3 is 2.70 bits per heavy atom. The number of aryl methyl sites for hydroxylation is 1. The molecule has 0 saturated carbocycles. The number of aliphatic carboxylic acids is 1. The van der Waals surface area contributed by atoms with E-state index in [0.29, 0.717) is 32.2 Å². The van der Waals surface area contributed by atoms with Crippen LogP contribution in [0.3, 0.4) is 0 Å². The highest BCUT2D eigenvalue weighted by Crippen LogP contribution is 2.38. The Balaban J connectivity index is 1.14. The van der Waals surface area contributed by atoms with Gasteiger partial charge in [-0.15, -0.1) is 11.3 Å². The van der Waals surface area contributed by atoms with Crippen LogP contribution >= 0.6 is 11.3 Å². The summed E-state index contributed by atoms with van der Waals surface area (Å²) < 4.78 is 12.0. The number of aromatic nitrogens is 1. The number of benzene rings is 2. The van der Waals surface area contributed by atoms with Crippen molar-refractivity contribution in [3.05, 3.63) is 64.0 Å². The molecule has 1 atom stereocenters. The van der Waals surface area contributed by atoms with Crippen LogP contribution < -0.4 is 9.64 Å². The molecule has 2 saturated heterocycles. The van der Waals surface area contributed by atoms with Gasteiger partial charge >= 0.3 is 5.97 Å². The third-order valence-corrected chi connectivity index (χ3v) is 9.77. The van der Waals surface area contributed by atoms with E-state index in [1.165, 1.54) is 16.7 Å². The fourth-order valence-corrected chi connectivity index (χ4v) is 7.12. The zero-order valence-corrected chi connectivity index (χ0v) is 24.3. The Morgan fingerprint density at radius 2 is 1.93 bits per heavy atom. The van der Waals surface area contributed by atoms with Crippen LogP contribution in [-0.2, 0) is 29.0 Å². The molecule has 3 aromatic rings. The molecule has 40 heavy (non-hydrogen) atoms. The van der Waals surface area contributed by atoms with Crippen molar-refractivity contribution in [3.8, 4) is 17.0 Å². The lowest BCUT2D eigenvalue weighted by Gasteiger charge is -2.33. The number of thiazole rings is 1. The van der Waals surface area contributed by atoms with Crippen LogP contribution in [0.1, 0.15) is 48.4 Å². The zero-order chi connectivity index (χ0) is 27.7. The second kappa shape index (κ2) is 11.5. The van der Waals surface area contributed by atoms with Gasteiger partial charge in [-0.25, -0.2) is 4.98 Å². The average Bonchev–Trinajstić information content (AvgIpc) is 3.56. The molecule has 1 aromatic heterocycles. The molecule has 212 valence electrons. The molecule has 0 amide bonds. The Kier molecular flexibility index (Phi) is 7.84. The van der Waals surface area contributed by atoms with E-state index in [4.69, 9.17) is 14.5 Å². The van der Waals surface area contributed by atoms with Gasteiger partial charge in [0.2, 0.25) is 0 Å². The molecule has 0 radical (unpaired) electrons. The summed E-state index contributed by atoms with van der Waals surface area (Å²) in [7, 11) is 0. The number of carbonyl (C=O) groups is 1. The molecule has 6 rings (SSSR count). The van der Waals surface area contributed by atoms with Crippen molar-refractivity contribution < 1.29 is 19.4 Å². The van der Waals surface area contributed by atoms with E-state index >= 15 is 0 Å². The van der Waals surface area contributed by atoms with Gasteiger partial charge in [-0.2, -0.15) is 0 Å². The summed E-state index contributed by atoms with van der Waals surface area (Å²) in [5.41, 5.74) is 6.38. The van der Waals surface area contributed by atoms with Crippen LogP contribution in [0.4, 0.5) is 5.13 Å². The second-order valence-corrected chi connectivity index (χ2v) is 12.7. The predicted octanol–water partition coefficient (Wildman–Crippen LogP) is 5.58. The SMILES string of the molecule is Cc1ccc(OCc2ccc3c(c2)CCN(C2CCOCC2)CC3)c(-c2csc(N3CC[C@@](C)(C(=O)O)C3)n2)c1. The first-order chi connectivity index (χ1) is 19.4. The van der Waals surface area contributed by atoms with Crippen molar-refractivity contribution >= 4 is 22.4 Å². The summed E-state index contributed by atoms with van der Waals surface area (Å²) in [6, 6.07) is 13.7. The number of carboxylic acids is 1. The molecule has 8 heteroatoms. The molecule has 4 heterocycles. The molecular weight excluding hydrogens is 522 g/mol. The standard InChI is InChI=1S/C32H39N3O4S/c1-22-3-6-29(27(17-22)28-20-40-31(33-28)35-14-11-32(2,21-35)30(36)37)39-19-23-4-5-24-7-12-34(13-8-25(24)18-23)26-9-15-38-16-10-26/h3-6,17-18,20,26H,7-16,19,21H2,1-2H3,(H,36,37)/t32-/m1/s1. The number of fused-ring (bicyclic) bond motifs is 1. The van der Waals surface area contributed by atoms with Crippen LogP contribution in [0.2, 0.25) is 0 Å². The van der Waals surface area contributed by atoms with Crippen LogP contribution in [0.25, 0.3) is 11.3 Å². The predicted molar refractivity (Wildman–Crippen MR) is 158 cm³/mol. The molecule has 3 aliphatic rings. The van der Waals surface area contributed by atoms with Gasteiger partial charge in [0.05, 0.1) is 11.1 Å². The van der Waals surface area contributed by atoms with Gasteiger partial charge < -0.3 is 19.5 Å². The molecule has 7 nitrogen and oxygen atoms in total. The van der Waals surface area contributed by atoms with E-state index in [9.17, 15) is 9.90 Å². The number of anilines is 1. The van der Waals surface area contributed by atoms with E-state index in [2.05, 4.69) is 52.4 Å². The summed E-state index contributed by atoms with van der Waals surface area (Å²) in [6.45, 7) is 9.61. The van der Waals surface area contributed by atoms with Gasteiger partial charge in [0.25, 0.3) is 0 Å². The molecule has 0 bridgehead atoms. The summed E-state index contributed by atoms with van der Waals surface area (Å²) in [4.78, 5) is 21.4. The lowest BCUT2D eigenvalue weighted by molar-refractivity contribution is -0.146. The lowest BCUT2D eigenvalue weighted by atomic mass is 9.90. The average molecular weight is 562 g/mol. The molecule has 1 N–H and O–H groups in total. The van der Waals surface area contributed by atoms with Gasteiger partial charge in [-0.05, 0) is 74.8 Å². The molecule has 0 aliphatic carbocycles. The van der Waals surface area contributed by atoms with E-state index in [0.717, 1.165) is 79.7 Å². The van der Waals surface area contributed by atoms with Gasteiger partial charge in [0.15, 0.2) is 5.13 Å². The molecule has 0 unspecified atom stereocenters. The normalized spacial score (nSPS) is 22.2. The van der Waals surface area contributed by atoms with Crippen molar-refractivity contribution in [2.75, 3.05) is 44.3 Å². The maximum absolute atomic E-state index is 11.7. The largest absolute Gasteiger partial charge is 0.488 e. The Labute approximate surface area is 240 Å². The number of hydrogen-bond acceptors (Lipinski definition) is 7. The van der Waals surface area contributed by atoms with Crippen molar-refractivity contribution in [2.24, 2.45) is 5.41 Å². The second-order valence-electron chi connectivity index (χ2n) is 11.8. The van der Waals surface area contributed by atoms with Crippen molar-refractivity contribution in [2.45, 2.75) is 58.6 Å². The van der Waals surface area contributed by atoms with Crippen molar-refractivity contribution in [1.29, 1.82) is 0 Å². The highest BCUT2D eigenvalue weighted by atomic mass is 32.1. The summed E-state index contributed by atoms with van der Waals surface area (Å²) in [6.07, 6.45) is 5.10. The Hall–Kier alpha value is -2.94. The van der Waals surface area contributed by atoms with E-state index in [1.807, 2.05) is 13.0 Å².